The van der Waals surface area contributed by atoms with Gasteiger partial charge in [-0.2, -0.15) is 0 Å². The van der Waals surface area contributed by atoms with Gasteiger partial charge in [0, 0.05) is 28.9 Å². The summed E-state index contributed by atoms with van der Waals surface area (Å²) >= 11 is 6.42. The first-order valence-corrected chi connectivity index (χ1v) is 12.7. The van der Waals surface area contributed by atoms with Gasteiger partial charge in [0.2, 0.25) is 17.7 Å². The molecule has 4 atom stereocenters. The molecule has 7 nitrogen and oxygen atoms in total. The van der Waals surface area contributed by atoms with E-state index in [1.54, 1.807) is 36.4 Å². The molecule has 3 aliphatic rings. The fourth-order valence-electron chi connectivity index (χ4n) is 6.26. The molecule has 8 heteroatoms. The quantitative estimate of drug-likeness (QED) is 0.451. The normalized spacial score (nSPS) is 26.1. The number of likely N-dealkylation sites (tertiary alicyclic amines) is 1. The van der Waals surface area contributed by atoms with Crippen molar-refractivity contribution in [1.29, 1.82) is 0 Å². The van der Waals surface area contributed by atoms with Crippen LogP contribution in [0.25, 0.3) is 0 Å². The highest BCUT2D eigenvalue weighted by Gasteiger charge is 2.70. The number of imide groups is 1. The molecule has 0 bridgehead atoms. The summed E-state index contributed by atoms with van der Waals surface area (Å²) in [5.74, 6) is -2.41. The van der Waals surface area contributed by atoms with Crippen molar-refractivity contribution in [2.75, 3.05) is 11.9 Å². The topological polar surface area (TPSA) is 98.7 Å². The number of anilines is 1. The number of aromatic hydroxyl groups is 1. The van der Waals surface area contributed by atoms with Crippen LogP contribution in [-0.2, 0) is 32.8 Å². The van der Waals surface area contributed by atoms with Crippen molar-refractivity contribution in [3.63, 3.8) is 0 Å². The summed E-state index contributed by atoms with van der Waals surface area (Å²) in [5.41, 5.74) is 2.55. The summed E-state index contributed by atoms with van der Waals surface area (Å²) in [4.78, 5) is 42.8. The molecule has 3 aliphatic heterocycles. The third-order valence-electron chi connectivity index (χ3n) is 7.94. The Bertz CT molecular complexity index is 1430. The molecular weight excluding hydrogens is 490 g/mol. The van der Waals surface area contributed by atoms with E-state index in [9.17, 15) is 19.5 Å². The first kappa shape index (κ1) is 23.7. The molecular formula is C29H26ClN3O4. The number of phenols is 1. The van der Waals surface area contributed by atoms with Crippen molar-refractivity contribution in [3.8, 4) is 5.75 Å². The van der Waals surface area contributed by atoms with E-state index < -0.39 is 23.4 Å². The summed E-state index contributed by atoms with van der Waals surface area (Å²) in [6.07, 6.45) is 0.950. The maximum Gasteiger partial charge on any atom is 0.250 e. The number of amides is 3. The third kappa shape index (κ3) is 3.64. The predicted molar refractivity (Wildman–Crippen MR) is 139 cm³/mol. The fourth-order valence-corrected chi connectivity index (χ4v) is 6.53. The van der Waals surface area contributed by atoms with E-state index in [-0.39, 0.29) is 30.0 Å². The molecule has 0 saturated carbocycles. The third-order valence-corrected chi connectivity index (χ3v) is 8.15. The van der Waals surface area contributed by atoms with Gasteiger partial charge in [0.1, 0.15) is 11.3 Å². The predicted octanol–water partition coefficient (Wildman–Crippen LogP) is 3.56. The van der Waals surface area contributed by atoms with E-state index in [4.69, 9.17) is 11.6 Å². The zero-order valence-corrected chi connectivity index (χ0v) is 21.0. The van der Waals surface area contributed by atoms with Crippen LogP contribution in [0.15, 0.2) is 66.7 Å². The van der Waals surface area contributed by atoms with Crippen LogP contribution in [-0.4, -0.2) is 40.3 Å². The lowest BCUT2D eigenvalue weighted by atomic mass is 9.76. The molecule has 1 spiro atoms. The van der Waals surface area contributed by atoms with Gasteiger partial charge in [-0.15, -0.1) is 0 Å². The molecule has 2 fully saturated rings. The molecule has 0 radical (unpaired) electrons. The Labute approximate surface area is 219 Å². The maximum absolute atomic E-state index is 14.0. The van der Waals surface area contributed by atoms with E-state index in [0.29, 0.717) is 29.1 Å². The summed E-state index contributed by atoms with van der Waals surface area (Å²) < 4.78 is 0. The minimum atomic E-state index is -1.40. The number of aryl methyl sites for hydroxylation is 1. The fraction of sp³-hybridized carbons (Fsp3) is 0.276. The SMILES string of the molecule is Cc1cc(Cl)cc2c1NC(=O)[C@]21N[C@@H](Cc2ccc(O)cc2)[C@H]2C(=O)N(CCc3ccccc3)C(=O)[C@@H]21. The van der Waals surface area contributed by atoms with Gasteiger partial charge >= 0.3 is 0 Å². The maximum atomic E-state index is 14.0. The van der Waals surface area contributed by atoms with E-state index in [0.717, 1.165) is 16.7 Å². The average Bonchev–Trinajstić information content (AvgIpc) is 3.45. The molecule has 0 unspecified atom stereocenters. The molecule has 3 amide bonds. The van der Waals surface area contributed by atoms with Gasteiger partial charge in [-0.25, -0.2) is 0 Å². The monoisotopic (exact) mass is 515 g/mol. The number of benzene rings is 3. The molecule has 0 aliphatic carbocycles. The highest BCUT2D eigenvalue weighted by Crippen LogP contribution is 2.54. The van der Waals surface area contributed by atoms with Gasteiger partial charge in [-0.3, -0.25) is 24.6 Å². The molecule has 3 aromatic carbocycles. The molecule has 2 saturated heterocycles. The molecule has 3 aromatic rings. The van der Waals surface area contributed by atoms with Crippen LogP contribution in [0.4, 0.5) is 5.69 Å². The number of fused-ring (bicyclic) bond motifs is 4. The summed E-state index contributed by atoms with van der Waals surface area (Å²) in [5, 5.41) is 16.6. The number of nitrogens with zero attached hydrogens (tertiary/aromatic N) is 1. The van der Waals surface area contributed by atoms with Crippen molar-refractivity contribution in [2.45, 2.75) is 31.3 Å². The molecule has 3 N–H and O–H groups in total. The van der Waals surface area contributed by atoms with Gasteiger partial charge in [0.25, 0.3) is 0 Å². The number of hydrogen-bond acceptors (Lipinski definition) is 5. The number of hydrogen-bond donors (Lipinski definition) is 3. The highest BCUT2D eigenvalue weighted by atomic mass is 35.5. The van der Waals surface area contributed by atoms with Gasteiger partial charge in [0.05, 0.1) is 11.8 Å². The Morgan fingerprint density at radius 3 is 2.43 bits per heavy atom. The van der Waals surface area contributed by atoms with Crippen molar-refractivity contribution in [1.82, 2.24) is 10.2 Å². The molecule has 37 heavy (non-hydrogen) atoms. The Kier molecular flexibility index (Phi) is 5.58. The van der Waals surface area contributed by atoms with Gasteiger partial charge in [0.15, 0.2) is 0 Å². The minimum Gasteiger partial charge on any atom is -0.508 e. The molecule has 3 heterocycles. The first-order chi connectivity index (χ1) is 17.8. The zero-order chi connectivity index (χ0) is 25.9. The van der Waals surface area contributed by atoms with Crippen LogP contribution in [0.5, 0.6) is 5.75 Å². The van der Waals surface area contributed by atoms with Crippen molar-refractivity contribution >= 4 is 35.0 Å². The number of carbonyl (C=O) groups excluding carboxylic acids is 3. The first-order valence-electron chi connectivity index (χ1n) is 12.4. The summed E-state index contributed by atoms with van der Waals surface area (Å²) in [7, 11) is 0. The molecule has 6 rings (SSSR count). The van der Waals surface area contributed by atoms with Crippen LogP contribution < -0.4 is 10.6 Å². The van der Waals surface area contributed by atoms with Crippen molar-refractivity contribution in [2.24, 2.45) is 11.8 Å². The zero-order valence-electron chi connectivity index (χ0n) is 20.2. The van der Waals surface area contributed by atoms with Gasteiger partial charge in [-0.1, -0.05) is 54.1 Å². The lowest BCUT2D eigenvalue weighted by Gasteiger charge is -2.30. The summed E-state index contributed by atoms with van der Waals surface area (Å²) in [6, 6.07) is 19.5. The van der Waals surface area contributed by atoms with E-state index in [1.165, 1.54) is 4.90 Å². The van der Waals surface area contributed by atoms with Crippen LogP contribution in [0.3, 0.4) is 0 Å². The standard InChI is InChI=1S/C29H26ClN3O4/c1-16-13-19(30)15-21-25(16)31-28(37)29(21)24-23(22(32-29)14-18-7-9-20(34)10-8-18)26(35)33(27(24)36)12-11-17-5-3-2-4-6-17/h2-10,13,15,22-24,32,34H,11-12,14H2,1H3,(H,31,37)/t22-,23+,24+,29-/m0/s1. The van der Waals surface area contributed by atoms with E-state index in [1.807, 2.05) is 37.3 Å². The second-order valence-electron chi connectivity index (χ2n) is 10.1. The number of phenolic OH excluding ortho intramolecular Hbond substituents is 1. The van der Waals surface area contributed by atoms with E-state index in [2.05, 4.69) is 10.6 Å². The smallest absolute Gasteiger partial charge is 0.250 e. The van der Waals surface area contributed by atoms with E-state index >= 15 is 0 Å². The largest absolute Gasteiger partial charge is 0.508 e. The molecule has 188 valence electrons. The minimum absolute atomic E-state index is 0.144. The van der Waals surface area contributed by atoms with Crippen LogP contribution >= 0.6 is 11.6 Å². The number of rotatable bonds is 5. The van der Waals surface area contributed by atoms with Crippen molar-refractivity contribution in [3.05, 3.63) is 94.0 Å². The van der Waals surface area contributed by atoms with Crippen LogP contribution in [0.2, 0.25) is 5.02 Å². The average molecular weight is 516 g/mol. The van der Waals surface area contributed by atoms with Crippen LogP contribution in [0, 0.1) is 18.8 Å². The number of halogens is 1. The van der Waals surface area contributed by atoms with Gasteiger partial charge in [-0.05, 0) is 60.7 Å². The summed E-state index contributed by atoms with van der Waals surface area (Å²) in [6.45, 7) is 2.11. The second kappa shape index (κ2) is 8.71. The lowest BCUT2D eigenvalue weighted by Crippen LogP contribution is -2.53. The Balaban J connectivity index is 1.42. The molecule has 0 aromatic heterocycles. The van der Waals surface area contributed by atoms with Crippen LogP contribution in [0.1, 0.15) is 22.3 Å². The Hall–Kier alpha value is -3.68. The lowest BCUT2D eigenvalue weighted by molar-refractivity contribution is -0.142. The number of nitrogens with one attached hydrogen (secondary N) is 2. The highest BCUT2D eigenvalue weighted by molar-refractivity contribution is 6.31. The Morgan fingerprint density at radius 1 is 0.973 bits per heavy atom. The van der Waals surface area contributed by atoms with Crippen molar-refractivity contribution < 1.29 is 19.5 Å². The number of carbonyl (C=O) groups is 3. The second-order valence-corrected chi connectivity index (χ2v) is 10.5. The Morgan fingerprint density at radius 2 is 1.70 bits per heavy atom. The van der Waals surface area contributed by atoms with Gasteiger partial charge < -0.3 is 10.4 Å².